The summed E-state index contributed by atoms with van der Waals surface area (Å²) in [5, 5.41) is 14.4. The van der Waals surface area contributed by atoms with Gasteiger partial charge in [0.25, 0.3) is 11.8 Å². The maximum atomic E-state index is 12.7. The lowest BCUT2D eigenvalue weighted by Crippen LogP contribution is -2.48. The van der Waals surface area contributed by atoms with Gasteiger partial charge in [-0.05, 0) is 56.2 Å². The number of oxazole rings is 1. The molecule has 1 fully saturated rings. The SMILES string of the molecule is Cc1ccc(C(=O)N[C@@H]2CCCN(c3nnc(C(N)=O)c(Nc4ccc(-c5ncco5)cc4)n3)C2)cc1. The second-order valence-electron chi connectivity index (χ2n) is 8.84. The minimum Gasteiger partial charge on any atom is -0.445 e. The van der Waals surface area contributed by atoms with Crippen molar-refractivity contribution in [3.05, 3.63) is 77.8 Å². The van der Waals surface area contributed by atoms with Crippen molar-refractivity contribution in [1.29, 1.82) is 0 Å². The van der Waals surface area contributed by atoms with Crippen LogP contribution in [0.3, 0.4) is 0 Å². The number of piperidine rings is 1. The molecule has 0 unspecified atom stereocenters. The Morgan fingerprint density at radius 2 is 1.86 bits per heavy atom. The highest BCUT2D eigenvalue weighted by molar-refractivity contribution is 5.96. The molecule has 2 aromatic heterocycles. The number of nitrogens with zero attached hydrogens (tertiary/aromatic N) is 5. The predicted molar refractivity (Wildman–Crippen MR) is 137 cm³/mol. The summed E-state index contributed by atoms with van der Waals surface area (Å²) in [4.78, 5) is 35.3. The lowest BCUT2D eigenvalue weighted by molar-refractivity contribution is 0.0931. The topological polar surface area (TPSA) is 152 Å². The average Bonchev–Trinajstić information content (AvgIpc) is 3.45. The Morgan fingerprint density at radius 3 is 2.57 bits per heavy atom. The van der Waals surface area contributed by atoms with E-state index in [9.17, 15) is 9.59 Å². The molecule has 1 aliphatic rings. The molecule has 0 aliphatic carbocycles. The van der Waals surface area contributed by atoms with Crippen LogP contribution in [0.5, 0.6) is 0 Å². The van der Waals surface area contributed by atoms with Crippen LogP contribution in [-0.2, 0) is 0 Å². The van der Waals surface area contributed by atoms with Crippen LogP contribution in [0.15, 0.2) is 65.4 Å². The number of carbonyl (C=O) groups is 2. The molecule has 0 saturated carbocycles. The van der Waals surface area contributed by atoms with Crippen LogP contribution in [0.25, 0.3) is 11.5 Å². The first-order chi connectivity index (χ1) is 18.0. The summed E-state index contributed by atoms with van der Waals surface area (Å²) >= 11 is 0. The summed E-state index contributed by atoms with van der Waals surface area (Å²) in [6.07, 6.45) is 4.76. The van der Waals surface area contributed by atoms with Crippen LogP contribution in [0.4, 0.5) is 17.5 Å². The smallest absolute Gasteiger partial charge is 0.273 e. The van der Waals surface area contributed by atoms with Gasteiger partial charge in [0.2, 0.25) is 11.8 Å². The number of hydrogen-bond donors (Lipinski definition) is 3. The number of carbonyl (C=O) groups excluding carboxylic acids is 2. The number of benzene rings is 2. The number of rotatable bonds is 7. The summed E-state index contributed by atoms with van der Waals surface area (Å²) < 4.78 is 5.32. The van der Waals surface area contributed by atoms with Crippen LogP contribution in [0.1, 0.15) is 39.3 Å². The lowest BCUT2D eigenvalue weighted by Gasteiger charge is -2.33. The third-order valence-electron chi connectivity index (χ3n) is 6.09. The molecule has 1 saturated heterocycles. The van der Waals surface area contributed by atoms with Crippen LogP contribution in [-0.4, -0.2) is 51.1 Å². The number of nitrogens with two attached hydrogens (primary N) is 1. The monoisotopic (exact) mass is 498 g/mol. The van der Waals surface area contributed by atoms with Crippen molar-refractivity contribution in [2.75, 3.05) is 23.3 Å². The second kappa shape index (κ2) is 10.4. The molecular weight excluding hydrogens is 472 g/mol. The molecular formula is C26H26N8O3. The molecule has 1 atom stereocenters. The van der Waals surface area contributed by atoms with Gasteiger partial charge in [0.05, 0.1) is 6.20 Å². The maximum Gasteiger partial charge on any atom is 0.273 e. The molecule has 0 bridgehead atoms. The largest absolute Gasteiger partial charge is 0.445 e. The van der Waals surface area contributed by atoms with Crippen molar-refractivity contribution in [2.45, 2.75) is 25.8 Å². The zero-order valence-electron chi connectivity index (χ0n) is 20.2. The highest BCUT2D eigenvalue weighted by Crippen LogP contribution is 2.24. The molecule has 4 aromatic rings. The van der Waals surface area contributed by atoms with Crippen LogP contribution >= 0.6 is 0 Å². The first-order valence-corrected chi connectivity index (χ1v) is 11.9. The summed E-state index contributed by atoms with van der Waals surface area (Å²) in [5.41, 5.74) is 8.65. The molecule has 11 nitrogen and oxygen atoms in total. The van der Waals surface area contributed by atoms with Crippen molar-refractivity contribution >= 4 is 29.3 Å². The fourth-order valence-corrected chi connectivity index (χ4v) is 4.15. The lowest BCUT2D eigenvalue weighted by atomic mass is 10.1. The zero-order valence-corrected chi connectivity index (χ0v) is 20.2. The zero-order chi connectivity index (χ0) is 25.8. The molecule has 2 amide bonds. The molecule has 4 N–H and O–H groups in total. The number of hydrogen-bond acceptors (Lipinski definition) is 9. The minimum atomic E-state index is -0.743. The Hall–Kier alpha value is -4.80. The summed E-state index contributed by atoms with van der Waals surface area (Å²) in [7, 11) is 0. The molecule has 5 rings (SSSR count). The summed E-state index contributed by atoms with van der Waals surface area (Å²) in [6, 6.07) is 14.7. The fraction of sp³-hybridized carbons (Fsp3) is 0.231. The third-order valence-corrected chi connectivity index (χ3v) is 6.09. The van der Waals surface area contributed by atoms with Gasteiger partial charge in [0.1, 0.15) is 6.26 Å². The Kier molecular flexibility index (Phi) is 6.75. The van der Waals surface area contributed by atoms with Crippen LogP contribution < -0.4 is 21.3 Å². The van der Waals surface area contributed by atoms with E-state index in [0.29, 0.717) is 36.2 Å². The van der Waals surface area contributed by atoms with Gasteiger partial charge >= 0.3 is 0 Å². The van der Waals surface area contributed by atoms with Crippen molar-refractivity contribution < 1.29 is 14.0 Å². The van der Waals surface area contributed by atoms with Crippen molar-refractivity contribution in [3.8, 4) is 11.5 Å². The quantitative estimate of drug-likeness (QED) is 0.349. The summed E-state index contributed by atoms with van der Waals surface area (Å²) in [5.74, 6) is 0.188. The predicted octanol–water partition coefficient (Wildman–Crippen LogP) is 3.08. The number of primary amides is 1. The van der Waals surface area contributed by atoms with Gasteiger partial charge in [-0.15, -0.1) is 10.2 Å². The van der Waals surface area contributed by atoms with Gasteiger partial charge in [-0.25, -0.2) is 4.98 Å². The van der Waals surface area contributed by atoms with Gasteiger partial charge in [-0.2, -0.15) is 4.98 Å². The van der Waals surface area contributed by atoms with E-state index >= 15 is 0 Å². The van der Waals surface area contributed by atoms with Gasteiger partial charge in [-0.1, -0.05) is 17.7 Å². The van der Waals surface area contributed by atoms with Gasteiger partial charge in [-0.3, -0.25) is 9.59 Å². The molecule has 0 spiro atoms. The van der Waals surface area contributed by atoms with Crippen molar-refractivity contribution in [2.24, 2.45) is 5.73 Å². The van der Waals surface area contributed by atoms with Gasteiger partial charge in [0.15, 0.2) is 11.5 Å². The van der Waals surface area contributed by atoms with Crippen molar-refractivity contribution in [3.63, 3.8) is 0 Å². The Balaban J connectivity index is 1.31. The van der Waals surface area contributed by atoms with E-state index in [2.05, 4.69) is 30.8 Å². The maximum absolute atomic E-state index is 12.7. The Morgan fingerprint density at radius 1 is 1.08 bits per heavy atom. The first-order valence-electron chi connectivity index (χ1n) is 11.9. The van der Waals surface area contributed by atoms with E-state index < -0.39 is 5.91 Å². The molecule has 3 heterocycles. The minimum absolute atomic E-state index is 0.0678. The Bertz CT molecular complexity index is 1390. The normalized spacial score (nSPS) is 15.3. The first kappa shape index (κ1) is 23.9. The molecule has 188 valence electrons. The van der Waals surface area contributed by atoms with Crippen molar-refractivity contribution in [1.82, 2.24) is 25.5 Å². The number of nitrogens with one attached hydrogen (secondary N) is 2. The van der Waals surface area contributed by atoms with E-state index in [4.69, 9.17) is 10.2 Å². The van der Waals surface area contributed by atoms with Gasteiger partial charge < -0.3 is 25.7 Å². The third kappa shape index (κ3) is 5.56. The van der Waals surface area contributed by atoms with E-state index in [-0.39, 0.29) is 23.5 Å². The number of aryl methyl sites for hydroxylation is 1. The average molecular weight is 499 g/mol. The van der Waals surface area contributed by atoms with E-state index in [1.165, 1.54) is 6.26 Å². The van der Waals surface area contributed by atoms with Crippen LogP contribution in [0, 0.1) is 6.92 Å². The summed E-state index contributed by atoms with van der Waals surface area (Å²) in [6.45, 7) is 3.19. The molecule has 2 aromatic carbocycles. The molecule has 1 aliphatic heterocycles. The van der Waals surface area contributed by atoms with Crippen LogP contribution in [0.2, 0.25) is 0 Å². The van der Waals surface area contributed by atoms with E-state index in [1.54, 1.807) is 6.20 Å². The highest BCUT2D eigenvalue weighted by Gasteiger charge is 2.25. The Labute approximate surface area is 213 Å². The number of amides is 2. The standard InChI is InChI=1S/C26H26N8O3/c1-16-4-6-17(7-5-16)24(36)30-20-3-2-13-34(15-20)26-31-23(21(22(27)35)32-33-26)29-19-10-8-18(9-11-19)25-28-12-14-37-25/h4-12,14,20H,2-3,13,15H2,1H3,(H2,27,35)(H,30,36)(H,29,31,33)/t20-/m1/s1. The highest BCUT2D eigenvalue weighted by atomic mass is 16.3. The second-order valence-corrected chi connectivity index (χ2v) is 8.84. The number of anilines is 3. The molecule has 37 heavy (non-hydrogen) atoms. The molecule has 11 heteroatoms. The van der Waals surface area contributed by atoms with Gasteiger partial charge in [0, 0.05) is 35.9 Å². The van der Waals surface area contributed by atoms with E-state index in [1.807, 2.05) is 60.4 Å². The number of aromatic nitrogens is 4. The molecule has 0 radical (unpaired) electrons. The van der Waals surface area contributed by atoms with E-state index in [0.717, 1.165) is 24.0 Å². The fourth-order valence-electron chi connectivity index (χ4n) is 4.15.